The minimum absolute atomic E-state index is 0.443. The van der Waals surface area contributed by atoms with Gasteiger partial charge in [0.15, 0.2) is 5.82 Å². The Bertz CT molecular complexity index is 584. The maximum atomic E-state index is 5.71. The topological polar surface area (TPSA) is 64.7 Å². The van der Waals surface area contributed by atoms with Crippen LogP contribution in [0.15, 0.2) is 18.2 Å². The summed E-state index contributed by atoms with van der Waals surface area (Å²) in [6.07, 6.45) is 0.926. The molecule has 106 valence electrons. The van der Waals surface area contributed by atoms with Crippen LogP contribution < -0.4 is 5.73 Å². The number of pyridine rings is 1. The highest BCUT2D eigenvalue weighted by atomic mass is 14.9. The Morgan fingerprint density at radius 1 is 1.05 bits per heavy atom. The quantitative estimate of drug-likeness (QED) is 0.927. The maximum Gasteiger partial charge on any atom is 0.178 e. The predicted octanol–water partition coefficient (Wildman–Crippen LogP) is 2.60. The minimum Gasteiger partial charge on any atom is -0.330 e. The molecule has 20 heavy (non-hydrogen) atoms. The zero-order chi connectivity index (χ0) is 14.7. The monoisotopic (exact) mass is 270 g/mol. The van der Waals surface area contributed by atoms with Gasteiger partial charge in [-0.25, -0.2) is 15.0 Å². The van der Waals surface area contributed by atoms with Gasteiger partial charge in [0.1, 0.15) is 5.69 Å². The SMILES string of the molecule is Cc1cccc(-c2nc(C)c(CC(C)CN)c(C)n2)n1. The summed E-state index contributed by atoms with van der Waals surface area (Å²) in [5, 5.41) is 0. The lowest BCUT2D eigenvalue weighted by Gasteiger charge is -2.14. The summed E-state index contributed by atoms with van der Waals surface area (Å²) >= 11 is 0. The van der Waals surface area contributed by atoms with E-state index in [-0.39, 0.29) is 0 Å². The van der Waals surface area contributed by atoms with Gasteiger partial charge in [0.2, 0.25) is 0 Å². The average molecular weight is 270 g/mol. The summed E-state index contributed by atoms with van der Waals surface area (Å²) in [5.74, 6) is 1.15. The van der Waals surface area contributed by atoms with Crippen molar-refractivity contribution in [3.05, 3.63) is 40.8 Å². The molecule has 2 aromatic heterocycles. The van der Waals surface area contributed by atoms with E-state index in [1.165, 1.54) is 5.56 Å². The lowest BCUT2D eigenvalue weighted by Crippen LogP contribution is -2.15. The number of nitrogens with two attached hydrogens (primary N) is 1. The van der Waals surface area contributed by atoms with E-state index in [0.29, 0.717) is 18.3 Å². The van der Waals surface area contributed by atoms with Gasteiger partial charge in [0.05, 0.1) is 0 Å². The van der Waals surface area contributed by atoms with Crippen LogP contribution in [0.4, 0.5) is 0 Å². The van der Waals surface area contributed by atoms with Crippen LogP contribution in [0.5, 0.6) is 0 Å². The van der Waals surface area contributed by atoms with E-state index < -0.39 is 0 Å². The van der Waals surface area contributed by atoms with E-state index in [9.17, 15) is 0 Å². The van der Waals surface area contributed by atoms with E-state index >= 15 is 0 Å². The number of aromatic nitrogens is 3. The molecule has 1 atom stereocenters. The fourth-order valence-electron chi connectivity index (χ4n) is 2.25. The second-order valence-electron chi connectivity index (χ2n) is 5.41. The Morgan fingerprint density at radius 3 is 2.25 bits per heavy atom. The van der Waals surface area contributed by atoms with Gasteiger partial charge >= 0.3 is 0 Å². The fraction of sp³-hybridized carbons (Fsp3) is 0.438. The van der Waals surface area contributed by atoms with Crippen LogP contribution in [0.2, 0.25) is 0 Å². The van der Waals surface area contributed by atoms with Crippen molar-refractivity contribution >= 4 is 0 Å². The number of rotatable bonds is 4. The third-order valence-electron chi connectivity index (χ3n) is 3.49. The van der Waals surface area contributed by atoms with Gasteiger partial charge in [-0.1, -0.05) is 13.0 Å². The van der Waals surface area contributed by atoms with Gasteiger partial charge in [0.25, 0.3) is 0 Å². The molecule has 0 saturated carbocycles. The van der Waals surface area contributed by atoms with Crippen molar-refractivity contribution in [2.24, 2.45) is 11.7 Å². The summed E-state index contributed by atoms with van der Waals surface area (Å²) in [4.78, 5) is 13.7. The summed E-state index contributed by atoms with van der Waals surface area (Å²) in [7, 11) is 0. The zero-order valence-corrected chi connectivity index (χ0v) is 12.6. The smallest absolute Gasteiger partial charge is 0.178 e. The molecule has 0 aliphatic heterocycles. The van der Waals surface area contributed by atoms with E-state index in [1.54, 1.807) is 0 Å². The highest BCUT2D eigenvalue weighted by Gasteiger charge is 2.13. The molecule has 0 saturated heterocycles. The first-order valence-corrected chi connectivity index (χ1v) is 6.99. The van der Waals surface area contributed by atoms with Crippen LogP contribution in [0.25, 0.3) is 11.5 Å². The first-order valence-electron chi connectivity index (χ1n) is 6.99. The van der Waals surface area contributed by atoms with Crippen molar-refractivity contribution in [3.8, 4) is 11.5 Å². The van der Waals surface area contributed by atoms with Crippen LogP contribution in [0, 0.1) is 26.7 Å². The highest BCUT2D eigenvalue weighted by molar-refractivity contribution is 5.50. The van der Waals surface area contributed by atoms with Gasteiger partial charge in [-0.05, 0) is 57.4 Å². The van der Waals surface area contributed by atoms with E-state index in [2.05, 4.69) is 21.9 Å². The van der Waals surface area contributed by atoms with Crippen LogP contribution in [-0.2, 0) is 6.42 Å². The third kappa shape index (κ3) is 3.20. The molecule has 0 spiro atoms. The number of aryl methyl sites for hydroxylation is 3. The maximum absolute atomic E-state index is 5.71. The molecule has 0 bridgehead atoms. The molecular weight excluding hydrogens is 248 g/mol. The van der Waals surface area contributed by atoms with Crippen molar-refractivity contribution in [3.63, 3.8) is 0 Å². The molecule has 1 unspecified atom stereocenters. The Kier molecular flexibility index (Phi) is 4.45. The molecule has 4 heteroatoms. The molecule has 0 aromatic carbocycles. The van der Waals surface area contributed by atoms with Crippen LogP contribution in [0.3, 0.4) is 0 Å². The molecule has 2 N–H and O–H groups in total. The largest absolute Gasteiger partial charge is 0.330 e. The van der Waals surface area contributed by atoms with Gasteiger partial charge in [0, 0.05) is 17.1 Å². The summed E-state index contributed by atoms with van der Waals surface area (Å²) in [5.41, 5.74) is 10.8. The van der Waals surface area contributed by atoms with E-state index in [4.69, 9.17) is 5.73 Å². The lowest BCUT2D eigenvalue weighted by molar-refractivity contribution is 0.586. The molecule has 4 nitrogen and oxygen atoms in total. The summed E-state index contributed by atoms with van der Waals surface area (Å²) < 4.78 is 0. The molecule has 0 aliphatic rings. The van der Waals surface area contributed by atoms with Gasteiger partial charge in [-0.3, -0.25) is 0 Å². The van der Waals surface area contributed by atoms with Crippen LogP contribution in [0.1, 0.15) is 29.6 Å². The highest BCUT2D eigenvalue weighted by Crippen LogP contribution is 2.19. The predicted molar refractivity (Wildman–Crippen MR) is 81.4 cm³/mol. The first-order chi connectivity index (χ1) is 9.51. The van der Waals surface area contributed by atoms with Crippen molar-refractivity contribution in [1.29, 1.82) is 0 Å². The summed E-state index contributed by atoms with van der Waals surface area (Å²) in [6, 6.07) is 5.90. The number of hydrogen-bond donors (Lipinski definition) is 1. The zero-order valence-electron chi connectivity index (χ0n) is 12.6. The second-order valence-corrected chi connectivity index (χ2v) is 5.41. The van der Waals surface area contributed by atoms with Crippen molar-refractivity contribution in [1.82, 2.24) is 15.0 Å². The normalized spacial score (nSPS) is 12.4. The molecule has 0 aliphatic carbocycles. The molecule has 2 aromatic rings. The number of hydrogen-bond acceptors (Lipinski definition) is 4. The second kappa shape index (κ2) is 6.09. The van der Waals surface area contributed by atoms with Crippen molar-refractivity contribution < 1.29 is 0 Å². The lowest BCUT2D eigenvalue weighted by atomic mass is 9.99. The van der Waals surface area contributed by atoms with Gasteiger partial charge < -0.3 is 5.73 Å². The van der Waals surface area contributed by atoms with Crippen LogP contribution >= 0.6 is 0 Å². The Labute approximate surface area is 120 Å². The Morgan fingerprint density at radius 2 is 1.70 bits per heavy atom. The Balaban J connectivity index is 2.40. The van der Waals surface area contributed by atoms with Crippen molar-refractivity contribution in [2.45, 2.75) is 34.1 Å². The summed E-state index contributed by atoms with van der Waals surface area (Å²) in [6.45, 7) is 8.87. The standard InChI is InChI=1S/C16H22N4/c1-10(9-17)8-14-12(3)19-16(20-13(14)4)15-7-5-6-11(2)18-15/h5-7,10H,8-9,17H2,1-4H3. The molecular formula is C16H22N4. The molecule has 0 radical (unpaired) electrons. The fourth-order valence-corrected chi connectivity index (χ4v) is 2.25. The van der Waals surface area contributed by atoms with Crippen molar-refractivity contribution in [2.75, 3.05) is 6.54 Å². The van der Waals surface area contributed by atoms with Gasteiger partial charge in [-0.2, -0.15) is 0 Å². The third-order valence-corrected chi connectivity index (χ3v) is 3.49. The van der Waals surface area contributed by atoms with Crippen LogP contribution in [-0.4, -0.2) is 21.5 Å². The minimum atomic E-state index is 0.443. The molecule has 2 heterocycles. The van der Waals surface area contributed by atoms with Gasteiger partial charge in [-0.15, -0.1) is 0 Å². The first kappa shape index (κ1) is 14.6. The number of nitrogens with zero attached hydrogens (tertiary/aromatic N) is 3. The molecule has 2 rings (SSSR count). The molecule has 0 amide bonds. The van der Waals surface area contributed by atoms with E-state index in [1.807, 2.05) is 39.0 Å². The molecule has 0 fully saturated rings. The average Bonchev–Trinajstić information content (AvgIpc) is 2.42. The van der Waals surface area contributed by atoms with E-state index in [0.717, 1.165) is 29.2 Å². The Hall–Kier alpha value is -1.81.